The van der Waals surface area contributed by atoms with E-state index < -0.39 is 0 Å². The third-order valence-corrected chi connectivity index (χ3v) is 4.21. The lowest BCUT2D eigenvalue weighted by Crippen LogP contribution is -2.29. The quantitative estimate of drug-likeness (QED) is 0.854. The lowest BCUT2D eigenvalue weighted by Gasteiger charge is -2.22. The van der Waals surface area contributed by atoms with Gasteiger partial charge in [-0.3, -0.25) is 9.36 Å². The van der Waals surface area contributed by atoms with E-state index in [1.807, 2.05) is 11.4 Å². The average Bonchev–Trinajstić information content (AvgIpc) is 2.71. The molecule has 0 saturated heterocycles. The summed E-state index contributed by atoms with van der Waals surface area (Å²) in [6.45, 7) is 4.83. The maximum Gasteiger partial charge on any atom is 0.271 e. The zero-order valence-electron chi connectivity index (χ0n) is 9.30. The number of nitrogens with zero attached hydrogens (tertiary/aromatic N) is 2. The van der Waals surface area contributed by atoms with Crippen molar-refractivity contribution in [2.75, 3.05) is 5.75 Å². The first-order chi connectivity index (χ1) is 7.53. The molecule has 0 saturated carbocycles. The summed E-state index contributed by atoms with van der Waals surface area (Å²) in [6.07, 6.45) is 1.63. The molecule has 0 aliphatic rings. The highest BCUT2D eigenvalue weighted by Crippen LogP contribution is 2.19. The third-order valence-electron chi connectivity index (χ3n) is 2.46. The fourth-order valence-corrected chi connectivity index (χ4v) is 2.40. The van der Waals surface area contributed by atoms with Gasteiger partial charge in [0.1, 0.15) is 4.70 Å². The first kappa shape index (κ1) is 11.7. The zero-order valence-corrected chi connectivity index (χ0v) is 11.0. The summed E-state index contributed by atoms with van der Waals surface area (Å²) in [7, 11) is 0. The first-order valence-electron chi connectivity index (χ1n) is 5.07. The standard InChI is InChI=1S/C11H14N2OS2/c1-11(2,6-15)5-13-7-12-8-3-4-16-9(8)10(13)14/h3-4,7,15H,5-6H2,1-2H3. The Morgan fingerprint density at radius 2 is 2.31 bits per heavy atom. The maximum absolute atomic E-state index is 12.1. The van der Waals surface area contributed by atoms with Crippen molar-refractivity contribution < 1.29 is 0 Å². The summed E-state index contributed by atoms with van der Waals surface area (Å²) >= 11 is 5.74. The van der Waals surface area contributed by atoms with E-state index in [2.05, 4.69) is 31.5 Å². The molecular formula is C11H14N2OS2. The Kier molecular flexibility index (Phi) is 3.08. The van der Waals surface area contributed by atoms with Crippen molar-refractivity contribution in [2.45, 2.75) is 20.4 Å². The zero-order chi connectivity index (χ0) is 11.8. The molecule has 3 nitrogen and oxygen atoms in total. The van der Waals surface area contributed by atoms with Crippen LogP contribution in [0.3, 0.4) is 0 Å². The van der Waals surface area contributed by atoms with E-state index in [0.717, 1.165) is 16.0 Å². The van der Waals surface area contributed by atoms with Crippen LogP contribution in [-0.4, -0.2) is 15.3 Å². The lowest BCUT2D eigenvalue weighted by molar-refractivity contribution is 0.346. The van der Waals surface area contributed by atoms with Crippen LogP contribution in [0.25, 0.3) is 10.2 Å². The van der Waals surface area contributed by atoms with Crippen molar-refractivity contribution in [1.29, 1.82) is 0 Å². The van der Waals surface area contributed by atoms with Crippen molar-refractivity contribution in [3.05, 3.63) is 28.1 Å². The molecule has 86 valence electrons. The third kappa shape index (κ3) is 2.15. The van der Waals surface area contributed by atoms with Crippen LogP contribution in [0, 0.1) is 5.41 Å². The van der Waals surface area contributed by atoms with Gasteiger partial charge in [0.2, 0.25) is 0 Å². The van der Waals surface area contributed by atoms with Crippen LogP contribution in [0.5, 0.6) is 0 Å². The van der Waals surface area contributed by atoms with Gasteiger partial charge in [-0.15, -0.1) is 11.3 Å². The molecule has 0 N–H and O–H groups in total. The van der Waals surface area contributed by atoms with Gasteiger partial charge < -0.3 is 0 Å². The molecule has 16 heavy (non-hydrogen) atoms. The predicted octanol–water partition coefficient (Wildman–Crippen LogP) is 2.41. The van der Waals surface area contributed by atoms with Crippen molar-refractivity contribution in [3.8, 4) is 0 Å². The fourth-order valence-electron chi connectivity index (χ4n) is 1.50. The van der Waals surface area contributed by atoms with Crippen molar-refractivity contribution >= 4 is 34.2 Å². The summed E-state index contributed by atoms with van der Waals surface area (Å²) in [5.74, 6) is 0.738. The number of thiol groups is 1. The molecule has 0 aliphatic carbocycles. The minimum absolute atomic E-state index is 0.000442. The maximum atomic E-state index is 12.1. The van der Waals surface area contributed by atoms with E-state index in [0.29, 0.717) is 6.54 Å². The second-order valence-corrected chi connectivity index (χ2v) is 5.87. The average molecular weight is 254 g/mol. The minimum Gasteiger partial charge on any atom is -0.297 e. The Morgan fingerprint density at radius 1 is 1.56 bits per heavy atom. The van der Waals surface area contributed by atoms with E-state index in [1.54, 1.807) is 10.9 Å². The second kappa shape index (κ2) is 4.22. The normalized spacial score (nSPS) is 12.2. The molecule has 0 spiro atoms. The van der Waals surface area contributed by atoms with Crippen LogP contribution in [-0.2, 0) is 6.54 Å². The number of fused-ring (bicyclic) bond motifs is 1. The lowest BCUT2D eigenvalue weighted by atomic mass is 9.96. The number of aromatic nitrogens is 2. The van der Waals surface area contributed by atoms with Crippen LogP contribution in [0.2, 0.25) is 0 Å². The van der Waals surface area contributed by atoms with Crippen LogP contribution in [0.4, 0.5) is 0 Å². The van der Waals surface area contributed by atoms with Gasteiger partial charge in [-0.1, -0.05) is 13.8 Å². The smallest absolute Gasteiger partial charge is 0.271 e. The van der Waals surface area contributed by atoms with Gasteiger partial charge in [0.05, 0.1) is 11.8 Å². The largest absolute Gasteiger partial charge is 0.297 e. The van der Waals surface area contributed by atoms with Crippen LogP contribution in [0.15, 0.2) is 22.6 Å². The van der Waals surface area contributed by atoms with Gasteiger partial charge in [-0.25, -0.2) is 4.98 Å². The van der Waals surface area contributed by atoms with Gasteiger partial charge in [0.25, 0.3) is 5.56 Å². The topological polar surface area (TPSA) is 34.9 Å². The first-order valence-corrected chi connectivity index (χ1v) is 6.58. The summed E-state index contributed by atoms with van der Waals surface area (Å²) in [5, 5.41) is 1.90. The molecule has 2 rings (SSSR count). The van der Waals surface area contributed by atoms with Crippen LogP contribution >= 0.6 is 24.0 Å². The van der Waals surface area contributed by atoms with E-state index in [-0.39, 0.29) is 11.0 Å². The molecule has 0 aromatic carbocycles. The molecular weight excluding hydrogens is 240 g/mol. The molecule has 0 atom stereocenters. The molecule has 0 aliphatic heterocycles. The fraction of sp³-hybridized carbons (Fsp3) is 0.455. The number of hydrogen-bond acceptors (Lipinski definition) is 4. The molecule has 0 bridgehead atoms. The second-order valence-electron chi connectivity index (χ2n) is 4.63. The minimum atomic E-state index is -0.000442. The molecule has 5 heteroatoms. The van der Waals surface area contributed by atoms with E-state index in [9.17, 15) is 4.79 Å². The van der Waals surface area contributed by atoms with E-state index in [4.69, 9.17) is 0 Å². The monoisotopic (exact) mass is 254 g/mol. The SMILES string of the molecule is CC(C)(CS)Cn1cnc2ccsc2c1=O. The Balaban J connectivity index is 2.46. The highest BCUT2D eigenvalue weighted by Gasteiger charge is 2.18. The van der Waals surface area contributed by atoms with Gasteiger partial charge in [0.15, 0.2) is 0 Å². The molecule has 0 amide bonds. The molecule has 0 fully saturated rings. The summed E-state index contributed by atoms with van der Waals surface area (Å²) < 4.78 is 2.41. The van der Waals surface area contributed by atoms with Gasteiger partial charge >= 0.3 is 0 Å². The van der Waals surface area contributed by atoms with Gasteiger partial charge in [-0.2, -0.15) is 12.6 Å². The number of thiophene rings is 1. The van der Waals surface area contributed by atoms with Gasteiger partial charge in [-0.05, 0) is 22.6 Å². The van der Waals surface area contributed by atoms with E-state index in [1.165, 1.54) is 11.3 Å². The number of hydrogen-bond donors (Lipinski definition) is 1. The van der Waals surface area contributed by atoms with Crippen molar-refractivity contribution in [3.63, 3.8) is 0 Å². The highest BCUT2D eigenvalue weighted by atomic mass is 32.1. The van der Waals surface area contributed by atoms with Crippen LogP contribution in [0.1, 0.15) is 13.8 Å². The van der Waals surface area contributed by atoms with Crippen molar-refractivity contribution in [2.24, 2.45) is 5.41 Å². The Bertz CT molecular complexity index is 556. The Morgan fingerprint density at radius 3 is 3.00 bits per heavy atom. The Labute approximate surface area is 104 Å². The molecule has 2 heterocycles. The molecule has 2 aromatic rings. The Hall–Kier alpha value is -0.810. The van der Waals surface area contributed by atoms with Crippen molar-refractivity contribution in [1.82, 2.24) is 9.55 Å². The summed E-state index contributed by atoms with van der Waals surface area (Å²) in [4.78, 5) is 16.4. The van der Waals surface area contributed by atoms with Crippen LogP contribution < -0.4 is 5.56 Å². The predicted molar refractivity (Wildman–Crippen MR) is 71.5 cm³/mol. The molecule has 0 radical (unpaired) electrons. The van der Waals surface area contributed by atoms with E-state index >= 15 is 0 Å². The summed E-state index contributed by atoms with van der Waals surface area (Å²) in [5.41, 5.74) is 0.837. The molecule has 2 aromatic heterocycles. The summed E-state index contributed by atoms with van der Waals surface area (Å²) in [6, 6.07) is 1.87. The number of rotatable bonds is 3. The van der Waals surface area contributed by atoms with Gasteiger partial charge in [0, 0.05) is 6.54 Å². The highest BCUT2D eigenvalue weighted by molar-refractivity contribution is 7.80. The molecule has 0 unspecified atom stereocenters.